The van der Waals surface area contributed by atoms with Crippen LogP contribution in [0.25, 0.3) is 39.9 Å². The zero-order chi connectivity index (χ0) is 25.2. The SMILES string of the molecule is [C-]#[N+]/C(=C\c1cc(/C=C(\C#N)c2ccccn2)cc(/C=C(\C#N)c2ccccn2)c1)c1ccccn1. The number of benzene rings is 1. The minimum Gasteiger partial charge on any atom is -0.268 e. The van der Waals surface area contributed by atoms with Crippen LogP contribution in [0, 0.1) is 29.2 Å². The fourth-order valence-corrected chi connectivity index (χ4v) is 3.49. The topological polar surface area (TPSA) is 90.6 Å². The number of allylic oxidation sites excluding steroid dienone is 2. The summed E-state index contributed by atoms with van der Waals surface area (Å²) in [7, 11) is 0. The summed E-state index contributed by atoms with van der Waals surface area (Å²) in [5.41, 5.74) is 5.01. The highest BCUT2D eigenvalue weighted by atomic mass is 14.8. The molecule has 0 amide bonds. The lowest BCUT2D eigenvalue weighted by Crippen LogP contribution is -1.90. The van der Waals surface area contributed by atoms with E-state index in [4.69, 9.17) is 6.57 Å². The number of nitriles is 2. The molecule has 4 rings (SSSR count). The molecule has 0 radical (unpaired) electrons. The molecule has 0 N–H and O–H groups in total. The largest absolute Gasteiger partial charge is 0.268 e. The molecular formula is C30H18N6. The predicted octanol–water partition coefficient (Wildman–Crippen LogP) is 6.42. The van der Waals surface area contributed by atoms with E-state index in [0.717, 1.165) is 16.7 Å². The summed E-state index contributed by atoms with van der Waals surface area (Å²) in [5, 5.41) is 19.5. The van der Waals surface area contributed by atoms with E-state index >= 15 is 0 Å². The zero-order valence-corrected chi connectivity index (χ0v) is 19.1. The number of pyridine rings is 3. The molecule has 6 nitrogen and oxygen atoms in total. The molecule has 0 fully saturated rings. The highest BCUT2D eigenvalue weighted by Gasteiger charge is 2.08. The van der Waals surface area contributed by atoms with E-state index in [0.29, 0.717) is 33.9 Å². The van der Waals surface area contributed by atoms with Crippen LogP contribution in [0.3, 0.4) is 0 Å². The normalized spacial score (nSPS) is 11.8. The van der Waals surface area contributed by atoms with Gasteiger partial charge in [0.25, 0.3) is 0 Å². The van der Waals surface area contributed by atoms with Crippen LogP contribution in [0.1, 0.15) is 33.8 Å². The predicted molar refractivity (Wildman–Crippen MR) is 141 cm³/mol. The summed E-state index contributed by atoms with van der Waals surface area (Å²) in [5.74, 6) is 0. The maximum Gasteiger partial charge on any atom is 0.212 e. The molecule has 36 heavy (non-hydrogen) atoms. The first-order valence-electron chi connectivity index (χ1n) is 10.9. The Morgan fingerprint density at radius 1 is 0.639 bits per heavy atom. The maximum atomic E-state index is 9.76. The molecule has 0 atom stereocenters. The molecule has 0 saturated heterocycles. The molecule has 3 heterocycles. The second-order valence-electron chi connectivity index (χ2n) is 7.56. The van der Waals surface area contributed by atoms with Gasteiger partial charge in [0.1, 0.15) is 12.1 Å². The summed E-state index contributed by atoms with van der Waals surface area (Å²) >= 11 is 0. The molecule has 0 aliphatic heterocycles. The van der Waals surface area contributed by atoms with Crippen LogP contribution < -0.4 is 0 Å². The molecule has 0 aliphatic rings. The minimum absolute atomic E-state index is 0.377. The van der Waals surface area contributed by atoms with Gasteiger partial charge in [0, 0.05) is 18.6 Å². The smallest absolute Gasteiger partial charge is 0.212 e. The zero-order valence-electron chi connectivity index (χ0n) is 19.1. The van der Waals surface area contributed by atoms with E-state index in [-0.39, 0.29) is 0 Å². The van der Waals surface area contributed by atoms with Crippen molar-refractivity contribution in [2.45, 2.75) is 0 Å². The van der Waals surface area contributed by atoms with Gasteiger partial charge in [-0.1, -0.05) is 18.2 Å². The van der Waals surface area contributed by atoms with E-state index in [1.807, 2.05) is 36.4 Å². The van der Waals surface area contributed by atoms with Crippen LogP contribution in [-0.2, 0) is 0 Å². The van der Waals surface area contributed by atoms with Gasteiger partial charge in [-0.3, -0.25) is 15.0 Å². The fourth-order valence-electron chi connectivity index (χ4n) is 3.49. The van der Waals surface area contributed by atoms with Gasteiger partial charge >= 0.3 is 0 Å². The molecule has 6 heteroatoms. The molecular weight excluding hydrogens is 444 g/mol. The van der Waals surface area contributed by atoms with Crippen LogP contribution in [0.2, 0.25) is 0 Å². The monoisotopic (exact) mass is 462 g/mol. The number of aromatic nitrogens is 3. The third kappa shape index (κ3) is 5.83. The van der Waals surface area contributed by atoms with E-state index in [9.17, 15) is 10.5 Å². The van der Waals surface area contributed by atoms with Gasteiger partial charge in [0.2, 0.25) is 5.70 Å². The molecule has 0 bridgehead atoms. The van der Waals surface area contributed by atoms with Crippen molar-refractivity contribution >= 4 is 35.1 Å². The third-order valence-electron chi connectivity index (χ3n) is 5.10. The second kappa shape index (κ2) is 11.5. The summed E-state index contributed by atoms with van der Waals surface area (Å²) in [6, 6.07) is 26.2. The molecule has 4 aromatic rings. The first-order chi connectivity index (χ1) is 17.7. The Morgan fingerprint density at radius 2 is 1.06 bits per heavy atom. The number of hydrogen-bond donors (Lipinski definition) is 0. The minimum atomic E-state index is 0.377. The average molecular weight is 463 g/mol. The van der Waals surface area contributed by atoms with Gasteiger partial charge in [-0.2, -0.15) is 10.5 Å². The first kappa shape index (κ1) is 23.5. The summed E-state index contributed by atoms with van der Waals surface area (Å²) in [6.45, 7) is 7.65. The van der Waals surface area contributed by atoms with Crippen LogP contribution in [0.4, 0.5) is 0 Å². The first-order valence-corrected chi connectivity index (χ1v) is 10.9. The maximum absolute atomic E-state index is 9.76. The van der Waals surface area contributed by atoms with Gasteiger partial charge in [0.15, 0.2) is 0 Å². The standard InChI is InChI=1S/C30H18N6/c1-33-30(29-10-4-7-13-36-29)19-24-15-22(17-25(20-31)27-8-2-5-11-34-27)14-23(16-24)18-26(21-32)28-9-3-6-12-35-28/h2-19H/b25-17+,26-18+,30-19-. The highest BCUT2D eigenvalue weighted by Crippen LogP contribution is 2.25. The average Bonchev–Trinajstić information content (AvgIpc) is 2.94. The fraction of sp³-hybridized carbons (Fsp3) is 0. The van der Waals surface area contributed by atoms with Crippen molar-refractivity contribution in [1.29, 1.82) is 10.5 Å². The van der Waals surface area contributed by atoms with Crippen molar-refractivity contribution in [3.05, 3.63) is 137 Å². The van der Waals surface area contributed by atoms with E-state index in [1.165, 1.54) is 0 Å². The molecule has 0 aliphatic carbocycles. The van der Waals surface area contributed by atoms with E-state index < -0.39 is 0 Å². The Morgan fingerprint density at radius 3 is 1.42 bits per heavy atom. The molecule has 3 aromatic heterocycles. The molecule has 0 saturated carbocycles. The molecule has 0 spiro atoms. The molecule has 168 valence electrons. The molecule has 1 aromatic carbocycles. The quantitative estimate of drug-likeness (QED) is 0.244. The van der Waals surface area contributed by atoms with Crippen molar-refractivity contribution in [3.8, 4) is 12.1 Å². The van der Waals surface area contributed by atoms with Crippen LogP contribution in [-0.4, -0.2) is 15.0 Å². The van der Waals surface area contributed by atoms with Gasteiger partial charge in [-0.15, -0.1) is 0 Å². The summed E-state index contributed by atoms with van der Waals surface area (Å²) in [4.78, 5) is 16.5. The van der Waals surface area contributed by atoms with Gasteiger partial charge < -0.3 is 0 Å². The van der Waals surface area contributed by atoms with Crippen molar-refractivity contribution in [2.75, 3.05) is 0 Å². The Kier molecular flexibility index (Phi) is 7.50. The Balaban J connectivity index is 1.87. The van der Waals surface area contributed by atoms with Crippen molar-refractivity contribution in [2.24, 2.45) is 0 Å². The van der Waals surface area contributed by atoms with Crippen LogP contribution >= 0.6 is 0 Å². The van der Waals surface area contributed by atoms with Gasteiger partial charge in [0.05, 0.1) is 34.8 Å². The second-order valence-corrected chi connectivity index (χ2v) is 7.56. The van der Waals surface area contributed by atoms with Crippen molar-refractivity contribution in [3.63, 3.8) is 0 Å². The van der Waals surface area contributed by atoms with Gasteiger partial charge in [-0.05, 0) is 89.5 Å². The number of nitrogens with zero attached hydrogens (tertiary/aromatic N) is 6. The lowest BCUT2D eigenvalue weighted by Gasteiger charge is -2.06. The van der Waals surface area contributed by atoms with E-state index in [2.05, 4.69) is 31.9 Å². The third-order valence-corrected chi connectivity index (χ3v) is 5.10. The number of hydrogen-bond acceptors (Lipinski definition) is 5. The van der Waals surface area contributed by atoms with E-state index in [1.54, 1.807) is 73.2 Å². The lowest BCUT2D eigenvalue weighted by atomic mass is 9.99. The molecule has 0 unspecified atom stereocenters. The van der Waals surface area contributed by atoms with Crippen molar-refractivity contribution < 1.29 is 0 Å². The van der Waals surface area contributed by atoms with Crippen LogP contribution in [0.5, 0.6) is 0 Å². The summed E-state index contributed by atoms with van der Waals surface area (Å²) < 4.78 is 0. The summed E-state index contributed by atoms with van der Waals surface area (Å²) in [6.07, 6.45) is 10.1. The van der Waals surface area contributed by atoms with Gasteiger partial charge in [-0.25, -0.2) is 4.85 Å². The Hall–Kier alpha value is -5.64. The number of rotatable bonds is 6. The van der Waals surface area contributed by atoms with Crippen LogP contribution in [0.15, 0.2) is 91.4 Å². The van der Waals surface area contributed by atoms with Crippen molar-refractivity contribution in [1.82, 2.24) is 15.0 Å². The lowest BCUT2D eigenvalue weighted by molar-refractivity contribution is 1.28. The Labute approximate surface area is 209 Å². The Bertz CT molecular complexity index is 1370. The highest BCUT2D eigenvalue weighted by molar-refractivity contribution is 5.92.